The molecule has 0 aliphatic rings. The van der Waals surface area contributed by atoms with Crippen LogP contribution in [0.1, 0.15) is 29.5 Å². The number of aryl methyl sites for hydroxylation is 1. The number of halogens is 3. The van der Waals surface area contributed by atoms with Crippen molar-refractivity contribution in [3.63, 3.8) is 0 Å². The lowest BCUT2D eigenvalue weighted by Crippen LogP contribution is -2.33. The van der Waals surface area contributed by atoms with Gasteiger partial charge in [-0.25, -0.2) is 13.1 Å². The number of sulfonamides is 1. The van der Waals surface area contributed by atoms with Gasteiger partial charge in [-0.15, -0.1) is 0 Å². The molecule has 11 heteroatoms. The Hall–Kier alpha value is -2.40. The summed E-state index contributed by atoms with van der Waals surface area (Å²) in [6.07, 6.45) is -3.01. The Morgan fingerprint density at radius 3 is 2.46 bits per heavy atom. The summed E-state index contributed by atoms with van der Waals surface area (Å²) in [6, 6.07) is 6.36. The van der Waals surface area contributed by atoms with Gasteiger partial charge in [-0.2, -0.15) is 18.3 Å². The van der Waals surface area contributed by atoms with Gasteiger partial charge in [0.25, 0.3) is 5.91 Å². The largest absolute Gasteiger partial charge is 0.402 e. The van der Waals surface area contributed by atoms with Crippen LogP contribution in [0.3, 0.4) is 0 Å². The van der Waals surface area contributed by atoms with Crippen molar-refractivity contribution >= 4 is 21.6 Å². The molecular formula is C15H17F3N4O3S. The predicted molar refractivity (Wildman–Crippen MR) is 88.2 cm³/mol. The highest BCUT2D eigenvalue weighted by Crippen LogP contribution is 2.17. The number of H-pyrrole nitrogens is 1. The number of hydrogen-bond donors (Lipinski definition) is 3. The number of nitrogens with zero attached hydrogens (tertiary/aromatic N) is 1. The molecule has 2 rings (SSSR count). The lowest BCUT2D eigenvalue weighted by molar-refractivity contribution is -0.121. The van der Waals surface area contributed by atoms with E-state index in [0.717, 1.165) is 30.7 Å². The van der Waals surface area contributed by atoms with Crippen LogP contribution in [-0.4, -0.2) is 37.2 Å². The predicted octanol–water partition coefficient (Wildman–Crippen LogP) is 2.46. The maximum absolute atomic E-state index is 12.1. The molecule has 0 fully saturated rings. The van der Waals surface area contributed by atoms with E-state index in [-0.39, 0.29) is 16.3 Å². The molecule has 0 atom stereocenters. The molecule has 1 heterocycles. The zero-order valence-corrected chi connectivity index (χ0v) is 14.5. The van der Waals surface area contributed by atoms with Crippen molar-refractivity contribution in [2.24, 2.45) is 0 Å². The van der Waals surface area contributed by atoms with Crippen molar-refractivity contribution in [1.29, 1.82) is 0 Å². The fourth-order valence-corrected chi connectivity index (χ4v) is 3.06. The van der Waals surface area contributed by atoms with Gasteiger partial charge in [0.1, 0.15) is 6.54 Å². The first-order valence-electron chi connectivity index (χ1n) is 7.63. The second-order valence-electron chi connectivity index (χ2n) is 5.45. The summed E-state index contributed by atoms with van der Waals surface area (Å²) in [5, 5.41) is 9.16. The smallest absolute Gasteiger partial charge is 0.321 e. The summed E-state index contributed by atoms with van der Waals surface area (Å²) in [6.45, 7) is 0.326. The SMILES string of the molecule is CCCc1cc(C(=O)Nc2ccc(S(=O)(=O)NCC(F)(F)F)cc2)n[nH]1. The molecule has 0 saturated carbocycles. The summed E-state index contributed by atoms with van der Waals surface area (Å²) < 4.78 is 61.4. The fourth-order valence-electron chi connectivity index (χ4n) is 2.05. The number of anilines is 1. The molecule has 0 unspecified atom stereocenters. The van der Waals surface area contributed by atoms with Crippen molar-refractivity contribution in [2.75, 3.05) is 11.9 Å². The molecule has 0 aliphatic heterocycles. The van der Waals surface area contributed by atoms with Crippen molar-refractivity contribution in [2.45, 2.75) is 30.8 Å². The van der Waals surface area contributed by atoms with Gasteiger partial charge in [-0.3, -0.25) is 9.89 Å². The molecule has 0 saturated heterocycles. The number of rotatable bonds is 7. The normalized spacial score (nSPS) is 12.2. The van der Waals surface area contributed by atoms with E-state index in [2.05, 4.69) is 15.5 Å². The third-order valence-corrected chi connectivity index (χ3v) is 4.69. The van der Waals surface area contributed by atoms with Crippen LogP contribution < -0.4 is 10.0 Å². The Morgan fingerprint density at radius 1 is 1.23 bits per heavy atom. The molecule has 0 aliphatic carbocycles. The van der Waals surface area contributed by atoms with Gasteiger partial charge in [-0.1, -0.05) is 13.3 Å². The van der Waals surface area contributed by atoms with E-state index < -0.39 is 28.7 Å². The molecular weight excluding hydrogens is 373 g/mol. The van der Waals surface area contributed by atoms with E-state index in [1.807, 2.05) is 6.92 Å². The van der Waals surface area contributed by atoms with Gasteiger partial charge >= 0.3 is 6.18 Å². The van der Waals surface area contributed by atoms with Crippen LogP contribution in [0.15, 0.2) is 35.2 Å². The van der Waals surface area contributed by atoms with Crippen molar-refractivity contribution in [3.8, 4) is 0 Å². The first kappa shape index (κ1) is 19.9. The number of carbonyl (C=O) groups is 1. The standard InChI is InChI=1S/C15H17F3N4O3S/c1-2-3-11-8-13(22-21-11)14(23)20-10-4-6-12(7-5-10)26(24,25)19-9-15(16,17)18/h4-8,19H,2-3,9H2,1H3,(H,20,23)(H,21,22). The van der Waals surface area contributed by atoms with Crippen molar-refractivity contribution in [3.05, 3.63) is 41.7 Å². The Labute approximate surface area is 148 Å². The molecule has 0 bridgehead atoms. The third-order valence-electron chi connectivity index (χ3n) is 3.27. The summed E-state index contributed by atoms with van der Waals surface area (Å²) in [5.41, 5.74) is 1.27. The molecule has 0 radical (unpaired) electrons. The maximum Gasteiger partial charge on any atom is 0.402 e. The topological polar surface area (TPSA) is 104 Å². The molecule has 1 amide bonds. The Kier molecular flexibility index (Phi) is 6.03. The Balaban J connectivity index is 2.03. The van der Waals surface area contributed by atoms with Crippen LogP contribution in [0.2, 0.25) is 0 Å². The van der Waals surface area contributed by atoms with Crippen LogP contribution in [0.4, 0.5) is 18.9 Å². The van der Waals surface area contributed by atoms with E-state index >= 15 is 0 Å². The summed E-state index contributed by atoms with van der Waals surface area (Å²) in [4.78, 5) is 11.7. The van der Waals surface area contributed by atoms with E-state index in [9.17, 15) is 26.4 Å². The van der Waals surface area contributed by atoms with Crippen LogP contribution in [0, 0.1) is 0 Å². The van der Waals surface area contributed by atoms with Gasteiger partial charge in [0, 0.05) is 11.4 Å². The molecule has 3 N–H and O–H groups in total. The fraction of sp³-hybridized carbons (Fsp3) is 0.333. The van der Waals surface area contributed by atoms with Gasteiger partial charge in [-0.05, 0) is 36.8 Å². The summed E-state index contributed by atoms with van der Waals surface area (Å²) in [5.74, 6) is -0.491. The highest BCUT2D eigenvalue weighted by molar-refractivity contribution is 7.89. The number of carbonyl (C=O) groups excluding carboxylic acids is 1. The van der Waals surface area contributed by atoms with Gasteiger partial charge in [0.05, 0.1) is 4.90 Å². The number of nitrogens with one attached hydrogen (secondary N) is 3. The molecule has 1 aromatic carbocycles. The van der Waals surface area contributed by atoms with Gasteiger partial charge in [0.15, 0.2) is 5.69 Å². The highest BCUT2D eigenvalue weighted by atomic mass is 32.2. The van der Waals surface area contributed by atoms with E-state index in [1.165, 1.54) is 16.9 Å². The van der Waals surface area contributed by atoms with Gasteiger partial charge < -0.3 is 5.32 Å². The Bertz CT molecular complexity index is 861. The number of hydrogen-bond acceptors (Lipinski definition) is 4. The minimum atomic E-state index is -4.65. The number of alkyl halides is 3. The van der Waals surface area contributed by atoms with E-state index in [1.54, 1.807) is 6.07 Å². The molecule has 142 valence electrons. The molecule has 1 aromatic heterocycles. The maximum atomic E-state index is 12.1. The van der Waals surface area contributed by atoms with Crippen LogP contribution in [0.5, 0.6) is 0 Å². The molecule has 0 spiro atoms. The lowest BCUT2D eigenvalue weighted by Gasteiger charge is -2.10. The minimum absolute atomic E-state index is 0.178. The first-order valence-corrected chi connectivity index (χ1v) is 9.11. The average molecular weight is 390 g/mol. The quantitative estimate of drug-likeness (QED) is 0.675. The Morgan fingerprint density at radius 2 is 1.88 bits per heavy atom. The summed E-state index contributed by atoms with van der Waals surface area (Å²) >= 11 is 0. The van der Waals surface area contributed by atoms with Crippen LogP contribution >= 0.6 is 0 Å². The molecule has 7 nitrogen and oxygen atoms in total. The average Bonchev–Trinajstić information content (AvgIpc) is 3.02. The highest BCUT2D eigenvalue weighted by Gasteiger charge is 2.30. The minimum Gasteiger partial charge on any atom is -0.321 e. The lowest BCUT2D eigenvalue weighted by atomic mass is 10.2. The zero-order valence-electron chi connectivity index (χ0n) is 13.7. The van der Waals surface area contributed by atoms with Crippen molar-refractivity contribution < 1.29 is 26.4 Å². The molecule has 26 heavy (non-hydrogen) atoms. The number of aromatic amines is 1. The second kappa shape index (κ2) is 7.87. The third kappa shape index (κ3) is 5.56. The number of amides is 1. The van der Waals surface area contributed by atoms with Crippen LogP contribution in [0.25, 0.3) is 0 Å². The van der Waals surface area contributed by atoms with Crippen molar-refractivity contribution in [1.82, 2.24) is 14.9 Å². The second-order valence-corrected chi connectivity index (χ2v) is 7.21. The molecule has 2 aromatic rings. The van der Waals surface area contributed by atoms with Gasteiger partial charge in [0.2, 0.25) is 10.0 Å². The number of aromatic nitrogens is 2. The zero-order chi connectivity index (χ0) is 19.4. The van der Waals surface area contributed by atoms with E-state index in [4.69, 9.17) is 0 Å². The summed E-state index contributed by atoms with van der Waals surface area (Å²) in [7, 11) is -4.29. The first-order chi connectivity index (χ1) is 12.1. The number of benzene rings is 1. The monoisotopic (exact) mass is 390 g/mol. The van der Waals surface area contributed by atoms with E-state index in [0.29, 0.717) is 0 Å². The van der Waals surface area contributed by atoms with Crippen LogP contribution in [-0.2, 0) is 16.4 Å².